The van der Waals surface area contributed by atoms with Gasteiger partial charge in [-0.05, 0) is 56.2 Å². The lowest BCUT2D eigenvalue weighted by Crippen LogP contribution is -2.44. The van der Waals surface area contributed by atoms with Crippen molar-refractivity contribution in [1.29, 1.82) is 5.26 Å². The predicted octanol–water partition coefficient (Wildman–Crippen LogP) is 3.76. The number of ether oxygens (including phenoxy) is 2. The Kier molecular flexibility index (Phi) is 7.55. The van der Waals surface area contributed by atoms with Crippen LogP contribution in [0.5, 0.6) is 11.5 Å². The van der Waals surface area contributed by atoms with E-state index < -0.39 is 22.2 Å². The molecule has 0 heterocycles. The number of methoxy groups -OCH3 is 1. The highest BCUT2D eigenvalue weighted by molar-refractivity contribution is 7.90. The third kappa shape index (κ3) is 6.79. The molecule has 0 aliphatic carbocycles. The van der Waals surface area contributed by atoms with Gasteiger partial charge in [0.05, 0.1) is 13.2 Å². The average molecular weight is 387 g/mol. The van der Waals surface area contributed by atoms with Crippen LogP contribution in [0.3, 0.4) is 0 Å². The van der Waals surface area contributed by atoms with Crippen molar-refractivity contribution in [3.8, 4) is 17.6 Å². The summed E-state index contributed by atoms with van der Waals surface area (Å²) in [5.74, 6) is 1.57. The molecule has 5 nitrogen and oxygen atoms in total. The van der Waals surface area contributed by atoms with E-state index in [-0.39, 0.29) is 0 Å². The summed E-state index contributed by atoms with van der Waals surface area (Å²) in [4.78, 5) is 0. The Morgan fingerprint density at radius 1 is 1.04 bits per heavy atom. The van der Waals surface area contributed by atoms with Crippen molar-refractivity contribution >= 4 is 11.4 Å². The number of benzene rings is 2. The van der Waals surface area contributed by atoms with E-state index in [4.69, 9.17) is 9.47 Å². The Hall–Kier alpha value is -2.20. The quantitative estimate of drug-likeness (QED) is 0.699. The normalized spacial score (nSPS) is 13.5. The first-order valence-corrected chi connectivity index (χ1v) is 9.89. The Labute approximate surface area is 164 Å². The lowest BCUT2D eigenvalue weighted by Gasteiger charge is -2.25. The molecule has 2 aromatic carbocycles. The Morgan fingerprint density at radius 3 is 2.11 bits per heavy atom. The van der Waals surface area contributed by atoms with Gasteiger partial charge in [-0.2, -0.15) is 5.26 Å². The summed E-state index contributed by atoms with van der Waals surface area (Å²) in [5, 5.41) is 9.32. The first kappa shape index (κ1) is 21.1. The van der Waals surface area contributed by atoms with Gasteiger partial charge in [-0.1, -0.05) is 24.3 Å². The van der Waals surface area contributed by atoms with Crippen LogP contribution in [0.25, 0.3) is 0 Å². The molecule has 1 unspecified atom stereocenters. The van der Waals surface area contributed by atoms with Crippen LogP contribution in [0.2, 0.25) is 0 Å². The monoisotopic (exact) mass is 386 g/mol. The van der Waals surface area contributed by atoms with Crippen molar-refractivity contribution < 1.29 is 14.0 Å². The van der Waals surface area contributed by atoms with E-state index in [9.17, 15) is 9.81 Å². The maximum Gasteiger partial charge on any atom is 0.143 e. The van der Waals surface area contributed by atoms with Gasteiger partial charge in [-0.3, -0.25) is 0 Å². The zero-order valence-electron chi connectivity index (χ0n) is 16.2. The molecule has 0 aliphatic heterocycles. The number of rotatable bonds is 8. The van der Waals surface area contributed by atoms with E-state index in [2.05, 4.69) is 10.8 Å². The first-order valence-electron chi connectivity index (χ1n) is 8.74. The van der Waals surface area contributed by atoms with Gasteiger partial charge in [-0.25, -0.2) is 0 Å². The van der Waals surface area contributed by atoms with Gasteiger partial charge < -0.3 is 14.0 Å². The SMILES string of the molecule is COc1ccc(COc2ccc(CC(C#N)N[S@@+]([O-])C(C)(C)C)cc2)cc1. The number of nitrogens with zero attached hydrogens (tertiary/aromatic N) is 1. The lowest BCUT2D eigenvalue weighted by atomic mass is 10.1. The highest BCUT2D eigenvalue weighted by Crippen LogP contribution is 2.18. The van der Waals surface area contributed by atoms with Crippen LogP contribution >= 0.6 is 0 Å². The van der Waals surface area contributed by atoms with E-state index in [1.165, 1.54) is 0 Å². The second kappa shape index (κ2) is 9.65. The highest BCUT2D eigenvalue weighted by atomic mass is 32.2. The maximum atomic E-state index is 12.2. The van der Waals surface area contributed by atoms with Crippen molar-refractivity contribution in [3.05, 3.63) is 59.7 Å². The van der Waals surface area contributed by atoms with E-state index in [1.807, 2.05) is 69.3 Å². The predicted molar refractivity (Wildman–Crippen MR) is 108 cm³/mol. The van der Waals surface area contributed by atoms with Gasteiger partial charge >= 0.3 is 0 Å². The van der Waals surface area contributed by atoms with Gasteiger partial charge in [0.25, 0.3) is 0 Å². The molecule has 1 N–H and O–H groups in total. The molecule has 144 valence electrons. The molecule has 0 fully saturated rings. The Balaban J connectivity index is 1.89. The Morgan fingerprint density at radius 2 is 1.59 bits per heavy atom. The van der Waals surface area contributed by atoms with E-state index in [1.54, 1.807) is 7.11 Å². The highest BCUT2D eigenvalue weighted by Gasteiger charge is 2.29. The molecule has 0 radical (unpaired) electrons. The minimum atomic E-state index is -1.28. The summed E-state index contributed by atoms with van der Waals surface area (Å²) in [6.45, 7) is 6.09. The van der Waals surface area contributed by atoms with Crippen molar-refractivity contribution in [2.75, 3.05) is 7.11 Å². The summed E-state index contributed by atoms with van der Waals surface area (Å²) < 4.78 is 25.6. The molecular formula is C21H26N2O3S. The fourth-order valence-corrected chi connectivity index (χ4v) is 3.01. The summed E-state index contributed by atoms with van der Waals surface area (Å²) >= 11 is -1.28. The van der Waals surface area contributed by atoms with E-state index >= 15 is 0 Å². The van der Waals surface area contributed by atoms with Crippen LogP contribution in [0, 0.1) is 11.3 Å². The van der Waals surface area contributed by atoms with Crippen molar-refractivity contribution in [3.63, 3.8) is 0 Å². The van der Waals surface area contributed by atoms with Crippen LogP contribution < -0.4 is 14.2 Å². The maximum absolute atomic E-state index is 12.2. The topological polar surface area (TPSA) is 77.3 Å². The van der Waals surface area contributed by atoms with Crippen LogP contribution in [-0.2, 0) is 24.4 Å². The van der Waals surface area contributed by atoms with E-state index in [0.29, 0.717) is 13.0 Å². The van der Waals surface area contributed by atoms with Crippen LogP contribution in [0.1, 0.15) is 31.9 Å². The number of hydrogen-bond acceptors (Lipinski definition) is 5. The third-order valence-corrected chi connectivity index (χ3v) is 5.50. The largest absolute Gasteiger partial charge is 0.598 e. The molecule has 0 amide bonds. The number of nitrogens with one attached hydrogen (secondary N) is 1. The Bertz CT molecular complexity index is 749. The zero-order chi connectivity index (χ0) is 19.9. The second-order valence-electron chi connectivity index (χ2n) is 7.17. The second-order valence-corrected chi connectivity index (χ2v) is 9.16. The third-order valence-electron chi connectivity index (χ3n) is 3.89. The van der Waals surface area contributed by atoms with Gasteiger partial charge in [0.15, 0.2) is 0 Å². The van der Waals surface area contributed by atoms with E-state index in [0.717, 1.165) is 22.6 Å². The number of nitriles is 1. The van der Waals surface area contributed by atoms with Gasteiger partial charge in [0, 0.05) is 17.8 Å². The summed E-state index contributed by atoms with van der Waals surface area (Å²) in [5.41, 5.74) is 2.04. The molecule has 0 spiro atoms. The molecule has 2 aromatic rings. The number of hydrogen-bond donors (Lipinski definition) is 1. The molecule has 0 aliphatic rings. The van der Waals surface area contributed by atoms with Gasteiger partial charge in [-0.15, -0.1) is 4.72 Å². The minimum Gasteiger partial charge on any atom is -0.598 e. The standard InChI is InChI=1S/C21H26N2O3S/c1-21(2,3)27(24)23-18(14-22)13-16-5-11-20(12-6-16)26-15-17-7-9-19(25-4)10-8-17/h5-12,18,23H,13,15H2,1-4H3/t18?,27-/m0/s1. The lowest BCUT2D eigenvalue weighted by molar-refractivity contribution is 0.306. The molecule has 2 atom stereocenters. The minimum absolute atomic E-state index is 0.408. The molecule has 27 heavy (non-hydrogen) atoms. The summed E-state index contributed by atoms with van der Waals surface area (Å²) in [7, 11) is 1.64. The average Bonchev–Trinajstić information content (AvgIpc) is 2.66. The molecule has 0 aromatic heterocycles. The summed E-state index contributed by atoms with van der Waals surface area (Å²) in [6, 6.07) is 17.0. The van der Waals surface area contributed by atoms with Crippen LogP contribution in [0.15, 0.2) is 48.5 Å². The fraction of sp³-hybridized carbons (Fsp3) is 0.381. The molecule has 0 saturated carbocycles. The molecular weight excluding hydrogens is 360 g/mol. The van der Waals surface area contributed by atoms with Crippen LogP contribution in [0.4, 0.5) is 0 Å². The molecule has 0 bridgehead atoms. The van der Waals surface area contributed by atoms with Gasteiger partial charge in [0.1, 0.15) is 28.9 Å². The molecule has 2 rings (SSSR count). The van der Waals surface area contributed by atoms with Crippen LogP contribution in [-0.4, -0.2) is 22.5 Å². The fourth-order valence-electron chi connectivity index (χ4n) is 2.27. The van der Waals surface area contributed by atoms with Gasteiger partial charge in [0.2, 0.25) is 0 Å². The zero-order valence-corrected chi connectivity index (χ0v) is 17.0. The molecule has 6 heteroatoms. The molecule has 0 saturated heterocycles. The smallest absolute Gasteiger partial charge is 0.143 e. The van der Waals surface area contributed by atoms with Crippen molar-refractivity contribution in [2.24, 2.45) is 0 Å². The van der Waals surface area contributed by atoms with Crippen molar-refractivity contribution in [1.82, 2.24) is 4.72 Å². The first-order chi connectivity index (χ1) is 12.8. The van der Waals surface area contributed by atoms with Crippen molar-refractivity contribution in [2.45, 2.75) is 44.6 Å². The summed E-state index contributed by atoms with van der Waals surface area (Å²) in [6.07, 6.45) is 0.483.